The van der Waals surface area contributed by atoms with Gasteiger partial charge < -0.3 is 0 Å². The van der Waals surface area contributed by atoms with Gasteiger partial charge in [0.1, 0.15) is 5.78 Å². The van der Waals surface area contributed by atoms with E-state index in [1.807, 2.05) is 18.7 Å². The van der Waals surface area contributed by atoms with Crippen LogP contribution in [0.25, 0.3) is 0 Å². The van der Waals surface area contributed by atoms with E-state index in [0.717, 1.165) is 25.0 Å². The molecule has 1 unspecified atom stereocenters. The Bertz CT molecular complexity index is 393. The molecule has 0 aliphatic carbocycles. The molecule has 0 N–H and O–H groups in total. The molecule has 0 aliphatic rings. The number of carbonyl (C=O) groups excluding carboxylic acids is 1. The van der Waals surface area contributed by atoms with Gasteiger partial charge in [0.2, 0.25) is 0 Å². The Morgan fingerprint density at radius 2 is 2.06 bits per heavy atom. The molecular weight excluding hydrogens is 212 g/mol. The molecule has 0 saturated heterocycles. The molecule has 0 amide bonds. The highest BCUT2D eigenvalue weighted by Crippen LogP contribution is 2.16. The van der Waals surface area contributed by atoms with Crippen LogP contribution in [0, 0.1) is 19.8 Å². The van der Waals surface area contributed by atoms with Crippen molar-refractivity contribution >= 4 is 5.78 Å². The van der Waals surface area contributed by atoms with E-state index >= 15 is 0 Å². The molecule has 0 radical (unpaired) electrons. The Balaban J connectivity index is 2.53. The van der Waals surface area contributed by atoms with Crippen LogP contribution in [0.2, 0.25) is 0 Å². The van der Waals surface area contributed by atoms with Gasteiger partial charge in [-0.15, -0.1) is 0 Å². The molecule has 0 bridgehead atoms. The Hall–Kier alpha value is -1.12. The van der Waals surface area contributed by atoms with Crippen molar-refractivity contribution in [3.05, 3.63) is 17.0 Å². The van der Waals surface area contributed by atoms with E-state index in [1.165, 1.54) is 11.3 Å². The van der Waals surface area contributed by atoms with E-state index in [2.05, 4.69) is 25.9 Å². The summed E-state index contributed by atoms with van der Waals surface area (Å²) in [5, 5.41) is 4.37. The van der Waals surface area contributed by atoms with Crippen LogP contribution in [-0.4, -0.2) is 15.6 Å². The van der Waals surface area contributed by atoms with Crippen molar-refractivity contribution in [1.82, 2.24) is 9.78 Å². The second kappa shape index (κ2) is 5.99. The number of Topliss-reactive ketones (excluding diaryl/α,β-unsaturated/α-hetero) is 1. The monoisotopic (exact) mass is 236 g/mol. The van der Waals surface area contributed by atoms with Gasteiger partial charge >= 0.3 is 0 Å². The number of rotatable bonds is 6. The summed E-state index contributed by atoms with van der Waals surface area (Å²) < 4.78 is 1.89. The van der Waals surface area contributed by atoms with E-state index in [0.29, 0.717) is 18.1 Å². The van der Waals surface area contributed by atoms with Crippen LogP contribution in [0.5, 0.6) is 0 Å². The van der Waals surface area contributed by atoms with E-state index in [-0.39, 0.29) is 0 Å². The van der Waals surface area contributed by atoms with Crippen molar-refractivity contribution in [2.45, 2.75) is 53.4 Å². The molecule has 0 fully saturated rings. The zero-order chi connectivity index (χ0) is 13.0. The van der Waals surface area contributed by atoms with Gasteiger partial charge in [0.15, 0.2) is 0 Å². The number of hydrogen-bond donors (Lipinski definition) is 0. The summed E-state index contributed by atoms with van der Waals surface area (Å²) in [6, 6.07) is 0. The standard InChI is InChI=1S/C14H24N2O/c1-6-10(2)9-13(17)7-8-14-11(3)15-16(5)12(14)4/h10H,6-9H2,1-5H3. The first-order chi connectivity index (χ1) is 7.95. The zero-order valence-electron chi connectivity index (χ0n) is 11.7. The van der Waals surface area contributed by atoms with E-state index in [4.69, 9.17) is 0 Å². The van der Waals surface area contributed by atoms with Gasteiger partial charge in [-0.3, -0.25) is 9.48 Å². The summed E-state index contributed by atoms with van der Waals surface area (Å²) in [6.07, 6.45) is 3.28. The molecule has 1 rings (SSSR count). The Morgan fingerprint density at radius 3 is 2.53 bits per heavy atom. The van der Waals surface area contributed by atoms with Crippen molar-refractivity contribution in [2.24, 2.45) is 13.0 Å². The average Bonchev–Trinajstić information content (AvgIpc) is 2.51. The van der Waals surface area contributed by atoms with Crippen molar-refractivity contribution < 1.29 is 4.79 Å². The molecule has 0 aromatic carbocycles. The van der Waals surface area contributed by atoms with Crippen molar-refractivity contribution in [3.63, 3.8) is 0 Å². The predicted octanol–water partition coefficient (Wildman–Crippen LogP) is 2.97. The molecule has 96 valence electrons. The molecule has 3 nitrogen and oxygen atoms in total. The molecule has 0 aliphatic heterocycles. The minimum absolute atomic E-state index is 0.377. The second-order valence-electron chi connectivity index (χ2n) is 5.03. The lowest BCUT2D eigenvalue weighted by atomic mass is 9.97. The largest absolute Gasteiger partial charge is 0.300 e. The van der Waals surface area contributed by atoms with E-state index in [9.17, 15) is 4.79 Å². The molecule has 1 aromatic rings. The highest BCUT2D eigenvalue weighted by molar-refractivity contribution is 5.78. The first-order valence-corrected chi connectivity index (χ1v) is 6.46. The topological polar surface area (TPSA) is 34.9 Å². The lowest BCUT2D eigenvalue weighted by Gasteiger charge is -2.07. The molecule has 1 atom stereocenters. The Labute approximate surface area is 104 Å². The van der Waals surface area contributed by atoms with Crippen LogP contribution in [0.1, 0.15) is 50.1 Å². The summed E-state index contributed by atoms with van der Waals surface area (Å²) in [6.45, 7) is 8.35. The normalized spacial score (nSPS) is 12.8. The molecule has 0 spiro atoms. The lowest BCUT2D eigenvalue weighted by molar-refractivity contribution is -0.119. The van der Waals surface area contributed by atoms with Crippen LogP contribution < -0.4 is 0 Å². The fraction of sp³-hybridized carbons (Fsp3) is 0.714. The number of ketones is 1. The summed E-state index contributed by atoms with van der Waals surface area (Å²) in [7, 11) is 1.95. The lowest BCUT2D eigenvalue weighted by Crippen LogP contribution is -2.06. The van der Waals surface area contributed by atoms with Gasteiger partial charge in [-0.2, -0.15) is 5.10 Å². The third kappa shape index (κ3) is 3.69. The minimum atomic E-state index is 0.377. The maximum atomic E-state index is 11.8. The quantitative estimate of drug-likeness (QED) is 0.761. The number of aryl methyl sites for hydroxylation is 2. The molecule has 1 heterocycles. The van der Waals surface area contributed by atoms with Crippen LogP contribution >= 0.6 is 0 Å². The fourth-order valence-electron chi connectivity index (χ4n) is 2.08. The molecular formula is C14H24N2O. The van der Waals surface area contributed by atoms with Gasteiger partial charge in [-0.05, 0) is 31.7 Å². The average molecular weight is 236 g/mol. The van der Waals surface area contributed by atoms with Gasteiger partial charge in [-0.1, -0.05) is 20.3 Å². The Kier molecular flexibility index (Phi) is 4.91. The van der Waals surface area contributed by atoms with E-state index < -0.39 is 0 Å². The van der Waals surface area contributed by atoms with Crippen LogP contribution in [0.15, 0.2) is 0 Å². The van der Waals surface area contributed by atoms with Crippen molar-refractivity contribution in [3.8, 4) is 0 Å². The van der Waals surface area contributed by atoms with Crippen LogP contribution in [0.3, 0.4) is 0 Å². The van der Waals surface area contributed by atoms with Crippen LogP contribution in [0.4, 0.5) is 0 Å². The first kappa shape index (κ1) is 13.9. The zero-order valence-corrected chi connectivity index (χ0v) is 11.7. The predicted molar refractivity (Wildman–Crippen MR) is 70.1 cm³/mol. The van der Waals surface area contributed by atoms with Crippen molar-refractivity contribution in [1.29, 1.82) is 0 Å². The van der Waals surface area contributed by atoms with Gasteiger partial charge in [0, 0.05) is 25.6 Å². The third-order valence-electron chi connectivity index (χ3n) is 3.59. The summed E-state index contributed by atoms with van der Waals surface area (Å²) >= 11 is 0. The third-order valence-corrected chi connectivity index (χ3v) is 3.59. The minimum Gasteiger partial charge on any atom is -0.300 e. The summed E-state index contributed by atoms with van der Waals surface area (Å²) in [5.74, 6) is 0.889. The fourth-order valence-corrected chi connectivity index (χ4v) is 2.08. The highest BCUT2D eigenvalue weighted by Gasteiger charge is 2.12. The maximum absolute atomic E-state index is 11.8. The second-order valence-corrected chi connectivity index (χ2v) is 5.03. The number of nitrogens with zero attached hydrogens (tertiary/aromatic N) is 2. The first-order valence-electron chi connectivity index (χ1n) is 6.46. The smallest absolute Gasteiger partial charge is 0.133 e. The van der Waals surface area contributed by atoms with Gasteiger partial charge in [0.25, 0.3) is 0 Å². The maximum Gasteiger partial charge on any atom is 0.133 e. The SMILES string of the molecule is CCC(C)CC(=O)CCc1c(C)nn(C)c1C. The van der Waals surface area contributed by atoms with Crippen molar-refractivity contribution in [2.75, 3.05) is 0 Å². The van der Waals surface area contributed by atoms with Gasteiger partial charge in [-0.25, -0.2) is 0 Å². The molecule has 0 saturated carbocycles. The number of carbonyl (C=O) groups is 1. The molecule has 3 heteroatoms. The number of aromatic nitrogens is 2. The summed E-state index contributed by atoms with van der Waals surface area (Å²) in [4.78, 5) is 11.8. The Morgan fingerprint density at radius 1 is 1.41 bits per heavy atom. The van der Waals surface area contributed by atoms with Crippen LogP contribution in [-0.2, 0) is 18.3 Å². The number of hydrogen-bond acceptors (Lipinski definition) is 2. The molecule has 17 heavy (non-hydrogen) atoms. The summed E-state index contributed by atoms with van der Waals surface area (Å²) in [5.41, 5.74) is 3.48. The molecule has 1 aromatic heterocycles. The highest BCUT2D eigenvalue weighted by atomic mass is 16.1. The van der Waals surface area contributed by atoms with Gasteiger partial charge in [0.05, 0.1) is 5.69 Å². The van der Waals surface area contributed by atoms with E-state index in [1.54, 1.807) is 0 Å².